The number of carbonyl (C=O) groups excluding carboxylic acids is 1. The Balaban J connectivity index is 1.76. The topological polar surface area (TPSA) is 83.7 Å². The molecular weight excluding hydrogens is 470 g/mol. The summed E-state index contributed by atoms with van der Waals surface area (Å²) in [6.07, 6.45) is 1.54. The first-order valence-corrected chi connectivity index (χ1v) is 10.8. The van der Waals surface area contributed by atoms with Crippen molar-refractivity contribution in [2.75, 3.05) is 6.61 Å². The minimum Gasteiger partial charge on any atom is -0.490 e. The van der Waals surface area contributed by atoms with Crippen molar-refractivity contribution in [2.24, 2.45) is 5.10 Å². The van der Waals surface area contributed by atoms with Crippen LogP contribution in [0, 0.1) is 18.3 Å². The van der Waals surface area contributed by atoms with Crippen LogP contribution in [0.4, 0.5) is 0 Å². The van der Waals surface area contributed by atoms with E-state index in [9.17, 15) is 10.1 Å². The van der Waals surface area contributed by atoms with Gasteiger partial charge in [0.25, 0.3) is 5.91 Å². The van der Waals surface area contributed by atoms with Crippen LogP contribution >= 0.6 is 15.9 Å². The van der Waals surface area contributed by atoms with Crippen molar-refractivity contribution in [1.29, 1.82) is 5.26 Å². The van der Waals surface area contributed by atoms with Crippen molar-refractivity contribution in [1.82, 2.24) is 5.43 Å². The first kappa shape index (κ1) is 23.0. The third kappa shape index (κ3) is 5.74. The number of hydrazone groups is 1. The van der Waals surface area contributed by atoms with Gasteiger partial charge in [0.15, 0.2) is 11.5 Å². The molecular formula is C25H22BrN3O3. The number of hydrogen-bond acceptors (Lipinski definition) is 5. The minimum atomic E-state index is -0.278. The first-order valence-electron chi connectivity index (χ1n) is 9.99. The largest absolute Gasteiger partial charge is 0.490 e. The highest BCUT2D eigenvalue weighted by molar-refractivity contribution is 9.10. The second-order valence-corrected chi connectivity index (χ2v) is 7.69. The third-order valence-electron chi connectivity index (χ3n) is 4.61. The third-order valence-corrected chi connectivity index (χ3v) is 5.20. The average molecular weight is 492 g/mol. The Morgan fingerprint density at radius 2 is 1.91 bits per heavy atom. The lowest BCUT2D eigenvalue weighted by molar-refractivity contribution is 0.0954. The van der Waals surface area contributed by atoms with Gasteiger partial charge in [-0.2, -0.15) is 10.4 Å². The second kappa shape index (κ2) is 11.1. The van der Waals surface area contributed by atoms with Gasteiger partial charge in [-0.3, -0.25) is 4.79 Å². The maximum Gasteiger partial charge on any atom is 0.271 e. The fourth-order valence-corrected chi connectivity index (χ4v) is 3.60. The lowest BCUT2D eigenvalue weighted by atomic mass is 10.1. The van der Waals surface area contributed by atoms with Gasteiger partial charge in [0.1, 0.15) is 6.61 Å². The summed E-state index contributed by atoms with van der Waals surface area (Å²) >= 11 is 3.53. The molecule has 0 saturated heterocycles. The zero-order chi connectivity index (χ0) is 22.9. The Labute approximate surface area is 195 Å². The summed E-state index contributed by atoms with van der Waals surface area (Å²) in [5.41, 5.74) is 6.06. The van der Waals surface area contributed by atoms with Crippen LogP contribution in [0.3, 0.4) is 0 Å². The highest BCUT2D eigenvalue weighted by atomic mass is 79.9. The molecule has 0 heterocycles. The van der Waals surface area contributed by atoms with Crippen molar-refractivity contribution < 1.29 is 14.3 Å². The smallest absolute Gasteiger partial charge is 0.271 e. The quantitative estimate of drug-likeness (QED) is 0.339. The maximum atomic E-state index is 12.3. The van der Waals surface area contributed by atoms with Crippen molar-refractivity contribution >= 4 is 28.1 Å². The molecule has 7 heteroatoms. The molecule has 0 unspecified atom stereocenters. The molecule has 0 aromatic heterocycles. The molecule has 1 N–H and O–H groups in total. The number of rotatable bonds is 8. The number of hydrogen-bond donors (Lipinski definition) is 1. The van der Waals surface area contributed by atoms with E-state index in [1.807, 2.05) is 56.3 Å². The molecule has 0 aliphatic rings. The summed E-state index contributed by atoms with van der Waals surface area (Å²) in [7, 11) is 0. The molecule has 3 aromatic rings. The van der Waals surface area contributed by atoms with E-state index >= 15 is 0 Å². The van der Waals surface area contributed by atoms with Crippen LogP contribution in [0.25, 0.3) is 0 Å². The summed E-state index contributed by atoms with van der Waals surface area (Å²) in [4.78, 5) is 12.3. The highest BCUT2D eigenvalue weighted by Gasteiger charge is 2.13. The van der Waals surface area contributed by atoms with E-state index in [1.165, 1.54) is 6.21 Å². The zero-order valence-electron chi connectivity index (χ0n) is 17.8. The first-order chi connectivity index (χ1) is 15.5. The van der Waals surface area contributed by atoms with Crippen LogP contribution in [0.5, 0.6) is 11.5 Å². The molecule has 0 atom stereocenters. The number of halogens is 1. The monoisotopic (exact) mass is 491 g/mol. The Kier molecular flexibility index (Phi) is 8.01. The van der Waals surface area contributed by atoms with Crippen molar-refractivity contribution in [3.05, 3.63) is 93.0 Å². The molecule has 3 rings (SSSR count). The Hall–Kier alpha value is -3.63. The van der Waals surface area contributed by atoms with Gasteiger partial charge in [-0.1, -0.05) is 36.4 Å². The van der Waals surface area contributed by atoms with E-state index in [0.717, 1.165) is 16.7 Å². The molecule has 0 bridgehead atoms. The molecule has 1 amide bonds. The summed E-state index contributed by atoms with van der Waals surface area (Å²) in [6, 6.07) is 20.4. The van der Waals surface area contributed by atoms with Gasteiger partial charge in [0, 0.05) is 11.1 Å². The van der Waals surface area contributed by atoms with E-state index in [4.69, 9.17) is 9.47 Å². The molecule has 6 nitrogen and oxygen atoms in total. The van der Waals surface area contributed by atoms with E-state index in [2.05, 4.69) is 32.5 Å². The lowest BCUT2D eigenvalue weighted by Crippen LogP contribution is -2.18. The van der Waals surface area contributed by atoms with Gasteiger partial charge in [0.2, 0.25) is 0 Å². The van der Waals surface area contributed by atoms with Gasteiger partial charge >= 0.3 is 0 Å². The number of aryl methyl sites for hydroxylation is 1. The number of nitrogens with zero attached hydrogens (tertiary/aromatic N) is 2. The molecule has 0 spiro atoms. The van der Waals surface area contributed by atoms with E-state index in [0.29, 0.717) is 33.7 Å². The summed E-state index contributed by atoms with van der Waals surface area (Å²) in [5.74, 6) is 0.781. The highest BCUT2D eigenvalue weighted by Crippen LogP contribution is 2.37. The molecule has 0 aliphatic carbocycles. The van der Waals surface area contributed by atoms with Crippen molar-refractivity contribution in [3.63, 3.8) is 0 Å². The summed E-state index contributed by atoms with van der Waals surface area (Å²) in [5, 5.41) is 13.3. The van der Waals surface area contributed by atoms with Crippen LogP contribution in [-0.4, -0.2) is 18.7 Å². The Morgan fingerprint density at radius 1 is 1.16 bits per heavy atom. The summed E-state index contributed by atoms with van der Waals surface area (Å²) < 4.78 is 12.4. The maximum absolute atomic E-state index is 12.3. The van der Waals surface area contributed by atoms with E-state index < -0.39 is 0 Å². The molecule has 0 saturated carbocycles. The molecule has 0 aliphatic heterocycles. The van der Waals surface area contributed by atoms with Gasteiger partial charge in [-0.15, -0.1) is 0 Å². The standard InChI is InChI=1S/C25H22BrN3O3/c1-3-31-23-13-18(15-28-29-25(30)21-11-7-4-8-17(21)2)12-22(26)24(23)32-16-20-10-6-5-9-19(20)14-27/h4-13,15H,3,16H2,1-2H3,(H,29,30)/b28-15-. The van der Waals surface area contributed by atoms with Crippen LogP contribution in [0.2, 0.25) is 0 Å². The number of benzene rings is 3. The van der Waals surface area contributed by atoms with Gasteiger partial charge < -0.3 is 9.47 Å². The van der Waals surface area contributed by atoms with E-state index in [-0.39, 0.29) is 12.5 Å². The second-order valence-electron chi connectivity index (χ2n) is 6.83. The molecule has 0 fully saturated rings. The fraction of sp³-hybridized carbons (Fsp3) is 0.160. The summed E-state index contributed by atoms with van der Waals surface area (Å²) in [6.45, 7) is 4.42. The number of amides is 1. The van der Waals surface area contributed by atoms with Gasteiger partial charge in [-0.25, -0.2) is 5.43 Å². The van der Waals surface area contributed by atoms with Gasteiger partial charge in [-0.05, 0) is 65.2 Å². The fourth-order valence-electron chi connectivity index (χ4n) is 3.02. The van der Waals surface area contributed by atoms with Crippen LogP contribution < -0.4 is 14.9 Å². The zero-order valence-corrected chi connectivity index (χ0v) is 19.3. The van der Waals surface area contributed by atoms with Crippen molar-refractivity contribution in [3.8, 4) is 17.6 Å². The molecule has 3 aromatic carbocycles. The molecule has 0 radical (unpaired) electrons. The number of nitriles is 1. The van der Waals surface area contributed by atoms with Crippen LogP contribution in [-0.2, 0) is 6.61 Å². The number of carbonyl (C=O) groups is 1. The van der Waals surface area contributed by atoms with E-state index in [1.54, 1.807) is 18.2 Å². The number of nitrogens with one attached hydrogen (secondary N) is 1. The molecule has 162 valence electrons. The lowest BCUT2D eigenvalue weighted by Gasteiger charge is -2.15. The average Bonchev–Trinajstić information content (AvgIpc) is 2.79. The van der Waals surface area contributed by atoms with Crippen LogP contribution in [0.15, 0.2) is 70.2 Å². The normalized spacial score (nSPS) is 10.6. The Morgan fingerprint density at radius 3 is 2.66 bits per heavy atom. The number of ether oxygens (including phenoxy) is 2. The van der Waals surface area contributed by atoms with Crippen molar-refractivity contribution in [2.45, 2.75) is 20.5 Å². The van der Waals surface area contributed by atoms with Crippen LogP contribution in [0.1, 0.15) is 39.5 Å². The predicted molar refractivity (Wildman–Crippen MR) is 127 cm³/mol. The SMILES string of the molecule is CCOc1cc(/C=N\NC(=O)c2ccccc2C)cc(Br)c1OCc1ccccc1C#N. The predicted octanol–water partition coefficient (Wildman–Crippen LogP) is 5.37. The molecule has 32 heavy (non-hydrogen) atoms. The minimum absolute atomic E-state index is 0.225. The van der Waals surface area contributed by atoms with Gasteiger partial charge in [0.05, 0.1) is 28.9 Å². The Bertz CT molecular complexity index is 1190.